The fraction of sp³-hybridized carbons (Fsp3) is 0.462. The van der Waals surface area contributed by atoms with Crippen LogP contribution in [0.4, 0.5) is 0 Å². The number of hydrogen-bond acceptors (Lipinski definition) is 2. The minimum Gasteiger partial charge on any atom is -0.333 e. The Morgan fingerprint density at radius 2 is 2.29 bits per heavy atom. The van der Waals surface area contributed by atoms with Crippen molar-refractivity contribution in [3.05, 3.63) is 34.3 Å². The van der Waals surface area contributed by atoms with Gasteiger partial charge in [0.05, 0.1) is 0 Å². The minimum atomic E-state index is 0.0961. The normalized spacial score (nSPS) is 20.4. The standard InChI is InChI=1S/C13H17ClN2O/c1-9-7-11(3-4-12(9)14)13(17)16-6-5-15-8-10(16)2/h3-4,7,10,15H,5-6,8H2,1-2H3. The predicted octanol–water partition coefficient (Wildman–Crippen LogP) is 2.08. The molecule has 0 aromatic heterocycles. The molecule has 1 aliphatic rings. The molecule has 1 saturated heterocycles. The summed E-state index contributed by atoms with van der Waals surface area (Å²) in [6.45, 7) is 6.47. The summed E-state index contributed by atoms with van der Waals surface area (Å²) in [5.74, 6) is 0.0961. The molecule has 0 radical (unpaired) electrons. The van der Waals surface area contributed by atoms with Crippen molar-refractivity contribution in [2.24, 2.45) is 0 Å². The molecule has 1 unspecified atom stereocenters. The Balaban J connectivity index is 2.21. The fourth-order valence-corrected chi connectivity index (χ4v) is 2.20. The maximum absolute atomic E-state index is 12.3. The molecule has 92 valence electrons. The van der Waals surface area contributed by atoms with Crippen molar-refractivity contribution in [3.63, 3.8) is 0 Å². The lowest BCUT2D eigenvalue weighted by molar-refractivity contribution is 0.0655. The molecule has 0 spiro atoms. The topological polar surface area (TPSA) is 32.3 Å². The van der Waals surface area contributed by atoms with Gasteiger partial charge < -0.3 is 10.2 Å². The van der Waals surface area contributed by atoms with Crippen LogP contribution in [0.25, 0.3) is 0 Å². The summed E-state index contributed by atoms with van der Waals surface area (Å²) in [6.07, 6.45) is 0. The molecule has 1 atom stereocenters. The lowest BCUT2D eigenvalue weighted by Crippen LogP contribution is -2.52. The van der Waals surface area contributed by atoms with Gasteiger partial charge in [-0.3, -0.25) is 4.79 Å². The zero-order valence-electron chi connectivity index (χ0n) is 10.2. The third-order valence-corrected chi connectivity index (χ3v) is 3.59. The average Bonchev–Trinajstić information content (AvgIpc) is 2.32. The van der Waals surface area contributed by atoms with Crippen LogP contribution in [-0.2, 0) is 0 Å². The number of rotatable bonds is 1. The SMILES string of the molecule is Cc1cc(C(=O)N2CCNCC2C)ccc1Cl. The lowest BCUT2D eigenvalue weighted by Gasteiger charge is -2.34. The van der Waals surface area contributed by atoms with E-state index in [2.05, 4.69) is 12.2 Å². The molecule has 0 aliphatic carbocycles. The predicted molar refractivity (Wildman–Crippen MR) is 69.6 cm³/mol. The van der Waals surface area contributed by atoms with Gasteiger partial charge in [0.2, 0.25) is 0 Å². The Morgan fingerprint density at radius 3 is 2.94 bits per heavy atom. The van der Waals surface area contributed by atoms with Crippen LogP contribution in [0.3, 0.4) is 0 Å². The van der Waals surface area contributed by atoms with Gasteiger partial charge in [-0.1, -0.05) is 11.6 Å². The van der Waals surface area contributed by atoms with Crippen molar-refractivity contribution >= 4 is 17.5 Å². The summed E-state index contributed by atoms with van der Waals surface area (Å²) in [5.41, 5.74) is 1.67. The highest BCUT2D eigenvalue weighted by atomic mass is 35.5. The van der Waals surface area contributed by atoms with Gasteiger partial charge in [0, 0.05) is 36.3 Å². The highest BCUT2D eigenvalue weighted by Crippen LogP contribution is 2.18. The minimum absolute atomic E-state index is 0.0961. The van der Waals surface area contributed by atoms with Crippen LogP contribution in [-0.4, -0.2) is 36.5 Å². The number of nitrogens with one attached hydrogen (secondary N) is 1. The molecule has 2 rings (SSSR count). The van der Waals surface area contributed by atoms with Gasteiger partial charge in [-0.05, 0) is 37.6 Å². The zero-order chi connectivity index (χ0) is 12.4. The number of hydrogen-bond donors (Lipinski definition) is 1. The number of piperazine rings is 1. The van der Waals surface area contributed by atoms with Crippen LogP contribution in [0.1, 0.15) is 22.8 Å². The second-order valence-corrected chi connectivity index (χ2v) is 4.92. The van der Waals surface area contributed by atoms with Crippen molar-refractivity contribution in [3.8, 4) is 0 Å². The highest BCUT2D eigenvalue weighted by Gasteiger charge is 2.24. The van der Waals surface area contributed by atoms with Crippen LogP contribution in [0.15, 0.2) is 18.2 Å². The van der Waals surface area contributed by atoms with Crippen molar-refractivity contribution in [2.75, 3.05) is 19.6 Å². The molecule has 17 heavy (non-hydrogen) atoms. The molecule has 1 amide bonds. The van der Waals surface area contributed by atoms with E-state index in [1.807, 2.05) is 17.9 Å². The summed E-state index contributed by atoms with van der Waals surface area (Å²) >= 11 is 5.96. The van der Waals surface area contributed by atoms with Gasteiger partial charge in [0.1, 0.15) is 0 Å². The van der Waals surface area contributed by atoms with Crippen LogP contribution < -0.4 is 5.32 Å². The maximum atomic E-state index is 12.3. The summed E-state index contributed by atoms with van der Waals surface area (Å²) in [4.78, 5) is 14.2. The molecule has 1 aromatic rings. The van der Waals surface area contributed by atoms with Crippen LogP contribution in [0.2, 0.25) is 5.02 Å². The Hall–Kier alpha value is -1.06. The van der Waals surface area contributed by atoms with E-state index in [0.29, 0.717) is 5.02 Å². The number of halogens is 1. The second-order valence-electron chi connectivity index (χ2n) is 4.52. The van der Waals surface area contributed by atoms with Crippen LogP contribution in [0, 0.1) is 6.92 Å². The van der Waals surface area contributed by atoms with E-state index in [-0.39, 0.29) is 11.9 Å². The van der Waals surface area contributed by atoms with Crippen molar-refractivity contribution in [1.82, 2.24) is 10.2 Å². The van der Waals surface area contributed by atoms with Gasteiger partial charge in [-0.25, -0.2) is 0 Å². The smallest absolute Gasteiger partial charge is 0.254 e. The number of nitrogens with zero attached hydrogens (tertiary/aromatic N) is 1. The van der Waals surface area contributed by atoms with E-state index in [1.54, 1.807) is 12.1 Å². The Kier molecular flexibility index (Phi) is 3.69. The fourth-order valence-electron chi connectivity index (χ4n) is 2.09. The van der Waals surface area contributed by atoms with E-state index < -0.39 is 0 Å². The number of aryl methyl sites for hydroxylation is 1. The molecule has 1 fully saturated rings. The summed E-state index contributed by atoms with van der Waals surface area (Å²) in [6, 6.07) is 5.69. The molecule has 1 N–H and O–H groups in total. The number of benzene rings is 1. The monoisotopic (exact) mass is 252 g/mol. The third-order valence-electron chi connectivity index (χ3n) is 3.17. The molecule has 1 aliphatic heterocycles. The molecule has 3 nitrogen and oxygen atoms in total. The highest BCUT2D eigenvalue weighted by molar-refractivity contribution is 6.31. The van der Waals surface area contributed by atoms with Crippen LogP contribution in [0.5, 0.6) is 0 Å². The maximum Gasteiger partial charge on any atom is 0.254 e. The van der Waals surface area contributed by atoms with Crippen molar-refractivity contribution in [2.45, 2.75) is 19.9 Å². The molecule has 1 aromatic carbocycles. The van der Waals surface area contributed by atoms with E-state index in [4.69, 9.17) is 11.6 Å². The van der Waals surface area contributed by atoms with E-state index in [1.165, 1.54) is 0 Å². The van der Waals surface area contributed by atoms with Crippen LogP contribution >= 0.6 is 11.6 Å². The molecular weight excluding hydrogens is 236 g/mol. The Labute approximate surface area is 107 Å². The molecule has 0 saturated carbocycles. The Morgan fingerprint density at radius 1 is 1.53 bits per heavy atom. The summed E-state index contributed by atoms with van der Waals surface area (Å²) in [5, 5.41) is 3.98. The van der Waals surface area contributed by atoms with Crippen molar-refractivity contribution in [1.29, 1.82) is 0 Å². The first-order chi connectivity index (χ1) is 8.09. The zero-order valence-corrected chi connectivity index (χ0v) is 10.9. The molecule has 1 heterocycles. The van der Waals surface area contributed by atoms with Gasteiger partial charge in [-0.15, -0.1) is 0 Å². The third kappa shape index (κ3) is 2.61. The summed E-state index contributed by atoms with van der Waals surface area (Å²) in [7, 11) is 0. The number of amides is 1. The van der Waals surface area contributed by atoms with Gasteiger partial charge >= 0.3 is 0 Å². The van der Waals surface area contributed by atoms with Gasteiger partial charge in [0.15, 0.2) is 0 Å². The van der Waals surface area contributed by atoms with E-state index >= 15 is 0 Å². The molecule has 0 bridgehead atoms. The lowest BCUT2D eigenvalue weighted by atomic mass is 10.1. The van der Waals surface area contributed by atoms with E-state index in [9.17, 15) is 4.79 Å². The first-order valence-electron chi connectivity index (χ1n) is 5.87. The number of carbonyl (C=O) groups is 1. The summed E-state index contributed by atoms with van der Waals surface area (Å²) < 4.78 is 0. The first kappa shape index (κ1) is 12.4. The van der Waals surface area contributed by atoms with Gasteiger partial charge in [-0.2, -0.15) is 0 Å². The van der Waals surface area contributed by atoms with Crippen molar-refractivity contribution < 1.29 is 4.79 Å². The molecule has 4 heteroatoms. The van der Waals surface area contributed by atoms with E-state index in [0.717, 1.165) is 30.8 Å². The quantitative estimate of drug-likeness (QED) is 0.830. The van der Waals surface area contributed by atoms with Gasteiger partial charge in [0.25, 0.3) is 5.91 Å². The first-order valence-corrected chi connectivity index (χ1v) is 6.25. The Bertz CT molecular complexity index is 433. The average molecular weight is 253 g/mol. The molecular formula is C13H17ClN2O. The second kappa shape index (κ2) is 5.07. The number of carbonyl (C=O) groups excluding carboxylic acids is 1. The largest absolute Gasteiger partial charge is 0.333 e.